The third-order valence-corrected chi connectivity index (χ3v) is 3.98. The summed E-state index contributed by atoms with van der Waals surface area (Å²) < 4.78 is 26.0. The fourth-order valence-electron chi connectivity index (χ4n) is 1.69. The minimum absolute atomic E-state index is 0.179. The van der Waals surface area contributed by atoms with Crippen molar-refractivity contribution >= 4 is 46.4 Å². The number of halogens is 6. The molecule has 2 aromatic rings. The molecule has 0 spiro atoms. The van der Waals surface area contributed by atoms with Crippen molar-refractivity contribution in [1.82, 2.24) is 0 Å². The van der Waals surface area contributed by atoms with Crippen LogP contribution in [0.4, 0.5) is 8.78 Å². The van der Waals surface area contributed by atoms with Crippen molar-refractivity contribution < 1.29 is 8.78 Å². The third-order valence-electron chi connectivity index (χ3n) is 2.54. The molecule has 100 valence electrons. The number of hydrogen-bond acceptors (Lipinski definition) is 0. The Bertz CT molecular complexity index is 603. The Labute approximate surface area is 128 Å². The molecule has 0 radical (unpaired) electrons. The molecule has 0 fully saturated rings. The maximum absolute atomic E-state index is 13.0. The van der Waals surface area contributed by atoms with E-state index in [2.05, 4.69) is 0 Å². The maximum Gasteiger partial charge on any atom is 0.264 e. The van der Waals surface area contributed by atoms with Crippen LogP contribution in [-0.4, -0.2) is 0 Å². The summed E-state index contributed by atoms with van der Waals surface area (Å²) in [5.74, 6) is 0. The molecule has 0 nitrogen and oxygen atoms in total. The average molecular weight is 342 g/mol. The van der Waals surface area contributed by atoms with Gasteiger partial charge in [-0.3, -0.25) is 0 Å². The lowest BCUT2D eigenvalue weighted by Crippen LogP contribution is -1.91. The van der Waals surface area contributed by atoms with Crippen LogP contribution in [0.3, 0.4) is 0 Å². The molecule has 0 heterocycles. The van der Waals surface area contributed by atoms with Gasteiger partial charge in [-0.2, -0.15) is 0 Å². The quantitative estimate of drug-likeness (QED) is 0.521. The van der Waals surface area contributed by atoms with Gasteiger partial charge in [-0.15, -0.1) is 0 Å². The first-order valence-corrected chi connectivity index (χ1v) is 6.64. The fourth-order valence-corrected chi connectivity index (χ4v) is 2.46. The molecule has 0 atom stereocenters. The van der Waals surface area contributed by atoms with Crippen molar-refractivity contribution in [2.24, 2.45) is 0 Å². The van der Waals surface area contributed by atoms with E-state index in [4.69, 9.17) is 46.4 Å². The molecular formula is C13H6Cl4F2. The number of hydrogen-bond donors (Lipinski definition) is 0. The highest BCUT2D eigenvalue weighted by Crippen LogP contribution is 2.39. The van der Waals surface area contributed by atoms with Crippen molar-refractivity contribution in [3.63, 3.8) is 0 Å². The maximum atomic E-state index is 13.0. The van der Waals surface area contributed by atoms with Gasteiger partial charge in [0.15, 0.2) is 0 Å². The Morgan fingerprint density at radius 1 is 0.842 bits per heavy atom. The zero-order valence-corrected chi connectivity index (χ0v) is 12.3. The van der Waals surface area contributed by atoms with Gasteiger partial charge in [-0.25, -0.2) is 8.78 Å². The third kappa shape index (κ3) is 3.14. The average Bonchev–Trinajstić information content (AvgIpc) is 2.35. The summed E-state index contributed by atoms with van der Waals surface area (Å²) in [6, 6.07) is 7.23. The SMILES string of the molecule is FC(F)c1cc(Cl)ccc1-c1cc(Cl)c(Cl)c(Cl)c1. The Balaban J connectivity index is 2.65. The predicted octanol–water partition coefficient (Wildman–Crippen LogP) is 6.90. The minimum Gasteiger partial charge on any atom is -0.205 e. The lowest BCUT2D eigenvalue weighted by Gasteiger charge is -2.11. The molecule has 0 saturated carbocycles. The first-order valence-electron chi connectivity index (χ1n) is 5.12. The molecule has 0 aliphatic carbocycles. The van der Waals surface area contributed by atoms with E-state index in [9.17, 15) is 8.78 Å². The van der Waals surface area contributed by atoms with Gasteiger partial charge in [-0.05, 0) is 35.4 Å². The second kappa shape index (κ2) is 5.84. The molecule has 0 bridgehead atoms. The van der Waals surface area contributed by atoms with E-state index in [1.54, 1.807) is 0 Å². The van der Waals surface area contributed by atoms with Gasteiger partial charge in [0.1, 0.15) is 0 Å². The second-order valence-corrected chi connectivity index (χ2v) is 5.41. The second-order valence-electron chi connectivity index (χ2n) is 3.79. The molecule has 0 saturated heterocycles. The molecule has 0 unspecified atom stereocenters. The largest absolute Gasteiger partial charge is 0.264 e. The van der Waals surface area contributed by atoms with E-state index in [0.717, 1.165) is 0 Å². The van der Waals surface area contributed by atoms with E-state index in [1.807, 2.05) is 0 Å². The first kappa shape index (κ1) is 14.9. The topological polar surface area (TPSA) is 0 Å². The van der Waals surface area contributed by atoms with E-state index in [1.165, 1.54) is 30.3 Å². The Morgan fingerprint density at radius 3 is 1.95 bits per heavy atom. The smallest absolute Gasteiger partial charge is 0.205 e. The molecular weight excluding hydrogens is 336 g/mol. The van der Waals surface area contributed by atoms with Crippen molar-refractivity contribution in [3.05, 3.63) is 56.0 Å². The predicted molar refractivity (Wildman–Crippen MR) is 76.9 cm³/mol. The molecule has 0 aliphatic heterocycles. The molecule has 19 heavy (non-hydrogen) atoms. The Kier molecular flexibility index (Phi) is 4.57. The summed E-state index contributed by atoms with van der Waals surface area (Å²) in [5, 5.41) is 0.850. The Hall–Kier alpha value is -0.540. The van der Waals surface area contributed by atoms with E-state index in [0.29, 0.717) is 11.1 Å². The van der Waals surface area contributed by atoms with Gasteiger partial charge in [0.25, 0.3) is 6.43 Å². The number of benzene rings is 2. The van der Waals surface area contributed by atoms with Crippen LogP contribution in [0.2, 0.25) is 20.1 Å². The normalized spacial score (nSPS) is 11.1. The van der Waals surface area contributed by atoms with E-state index in [-0.39, 0.29) is 25.7 Å². The standard InChI is InChI=1S/C13H6Cl4F2/c14-7-1-2-8(9(5-7)13(18)19)6-3-10(15)12(17)11(16)4-6/h1-5,13H. The van der Waals surface area contributed by atoms with Crippen LogP contribution in [0.5, 0.6) is 0 Å². The van der Waals surface area contributed by atoms with Crippen LogP contribution < -0.4 is 0 Å². The van der Waals surface area contributed by atoms with Crippen LogP contribution in [-0.2, 0) is 0 Å². The molecule has 0 aliphatic rings. The van der Waals surface area contributed by atoms with Crippen molar-refractivity contribution in [2.75, 3.05) is 0 Å². The zero-order chi connectivity index (χ0) is 14.2. The summed E-state index contributed by atoms with van der Waals surface area (Å²) in [6.07, 6.45) is -2.65. The van der Waals surface area contributed by atoms with E-state index >= 15 is 0 Å². The monoisotopic (exact) mass is 340 g/mol. The molecule has 0 aromatic heterocycles. The van der Waals surface area contributed by atoms with Crippen LogP contribution in [0.25, 0.3) is 11.1 Å². The van der Waals surface area contributed by atoms with Gasteiger partial charge in [0, 0.05) is 10.6 Å². The molecule has 2 rings (SSSR count). The first-order chi connectivity index (χ1) is 8.90. The molecule has 0 N–H and O–H groups in total. The highest BCUT2D eigenvalue weighted by molar-refractivity contribution is 6.48. The highest BCUT2D eigenvalue weighted by Gasteiger charge is 2.16. The molecule has 6 heteroatoms. The summed E-state index contributed by atoms with van der Waals surface area (Å²) in [4.78, 5) is 0. The summed E-state index contributed by atoms with van der Waals surface area (Å²) >= 11 is 23.4. The summed E-state index contributed by atoms with van der Waals surface area (Å²) in [5.41, 5.74) is 0.605. The van der Waals surface area contributed by atoms with Crippen LogP contribution in [0, 0.1) is 0 Å². The van der Waals surface area contributed by atoms with Crippen LogP contribution >= 0.6 is 46.4 Å². The zero-order valence-electron chi connectivity index (χ0n) is 9.23. The lowest BCUT2D eigenvalue weighted by atomic mass is 10.00. The van der Waals surface area contributed by atoms with Crippen molar-refractivity contribution in [3.8, 4) is 11.1 Å². The summed E-state index contributed by atoms with van der Waals surface area (Å²) in [7, 11) is 0. The minimum atomic E-state index is -2.65. The Morgan fingerprint density at radius 2 is 1.42 bits per heavy atom. The van der Waals surface area contributed by atoms with Crippen LogP contribution in [0.15, 0.2) is 30.3 Å². The van der Waals surface area contributed by atoms with Crippen molar-refractivity contribution in [2.45, 2.75) is 6.43 Å². The van der Waals surface area contributed by atoms with Gasteiger partial charge >= 0.3 is 0 Å². The lowest BCUT2D eigenvalue weighted by molar-refractivity contribution is 0.152. The molecule has 2 aromatic carbocycles. The van der Waals surface area contributed by atoms with Gasteiger partial charge in [0.05, 0.1) is 15.1 Å². The number of rotatable bonds is 2. The fraction of sp³-hybridized carbons (Fsp3) is 0.0769. The van der Waals surface area contributed by atoms with E-state index < -0.39 is 6.43 Å². The van der Waals surface area contributed by atoms with Gasteiger partial charge < -0.3 is 0 Å². The van der Waals surface area contributed by atoms with Gasteiger partial charge in [-0.1, -0.05) is 52.5 Å². The van der Waals surface area contributed by atoms with Gasteiger partial charge in [0.2, 0.25) is 0 Å². The molecule has 0 amide bonds. The van der Waals surface area contributed by atoms with Crippen molar-refractivity contribution in [1.29, 1.82) is 0 Å². The summed E-state index contributed by atoms with van der Waals surface area (Å²) in [6.45, 7) is 0. The highest BCUT2D eigenvalue weighted by atomic mass is 35.5. The number of alkyl halides is 2. The van der Waals surface area contributed by atoms with Crippen LogP contribution in [0.1, 0.15) is 12.0 Å².